The van der Waals surface area contributed by atoms with Crippen molar-refractivity contribution >= 4 is 0 Å². The van der Waals surface area contributed by atoms with Gasteiger partial charge < -0.3 is 4.90 Å². The van der Waals surface area contributed by atoms with Crippen molar-refractivity contribution in [1.29, 1.82) is 0 Å². The molecule has 0 unspecified atom stereocenters. The first-order valence-corrected chi connectivity index (χ1v) is 6.83. The fourth-order valence-electron chi connectivity index (χ4n) is 2.54. The van der Waals surface area contributed by atoms with Crippen molar-refractivity contribution in [2.75, 3.05) is 19.6 Å². The summed E-state index contributed by atoms with van der Waals surface area (Å²) in [6.45, 7) is 10.7. The molecular formula is C16H25N. The molecule has 0 radical (unpaired) electrons. The first-order chi connectivity index (χ1) is 8.05. The van der Waals surface area contributed by atoms with E-state index in [2.05, 4.69) is 49.9 Å². The zero-order chi connectivity index (χ0) is 12.3. The Morgan fingerprint density at radius 1 is 1.18 bits per heavy atom. The van der Waals surface area contributed by atoms with Gasteiger partial charge >= 0.3 is 0 Å². The van der Waals surface area contributed by atoms with Gasteiger partial charge in [0, 0.05) is 6.54 Å². The summed E-state index contributed by atoms with van der Waals surface area (Å²) in [6, 6.07) is 8.91. The first-order valence-electron chi connectivity index (χ1n) is 6.83. The average Bonchev–Trinajstić information content (AvgIpc) is 2.28. The van der Waals surface area contributed by atoms with Crippen molar-refractivity contribution in [3.05, 3.63) is 35.4 Å². The third kappa shape index (κ3) is 3.85. The van der Waals surface area contributed by atoms with Crippen LogP contribution in [0.25, 0.3) is 0 Å². The van der Waals surface area contributed by atoms with Crippen LogP contribution in [-0.4, -0.2) is 24.5 Å². The monoisotopic (exact) mass is 231 g/mol. The number of benzene rings is 1. The predicted octanol–water partition coefficient (Wildman–Crippen LogP) is 3.66. The third-order valence-electron chi connectivity index (χ3n) is 4.01. The summed E-state index contributed by atoms with van der Waals surface area (Å²) in [5.74, 6) is 0. The van der Waals surface area contributed by atoms with Crippen LogP contribution < -0.4 is 0 Å². The number of hydrogen-bond acceptors (Lipinski definition) is 1. The van der Waals surface area contributed by atoms with Crippen LogP contribution in [0.5, 0.6) is 0 Å². The summed E-state index contributed by atoms with van der Waals surface area (Å²) in [4.78, 5) is 2.62. The van der Waals surface area contributed by atoms with E-state index in [4.69, 9.17) is 0 Å². The highest BCUT2D eigenvalue weighted by Crippen LogP contribution is 2.29. The van der Waals surface area contributed by atoms with E-state index in [-0.39, 0.29) is 0 Å². The van der Waals surface area contributed by atoms with E-state index in [1.54, 1.807) is 0 Å². The molecule has 0 atom stereocenters. The average molecular weight is 231 g/mol. The second kappa shape index (κ2) is 5.22. The zero-order valence-electron chi connectivity index (χ0n) is 11.5. The molecule has 1 saturated heterocycles. The van der Waals surface area contributed by atoms with E-state index in [0.29, 0.717) is 5.41 Å². The maximum absolute atomic E-state index is 2.62. The lowest BCUT2D eigenvalue weighted by Gasteiger charge is -2.36. The molecule has 94 valence electrons. The molecule has 1 heterocycles. The molecule has 0 aromatic heterocycles. The topological polar surface area (TPSA) is 3.24 Å². The van der Waals surface area contributed by atoms with Gasteiger partial charge in [0.05, 0.1) is 0 Å². The highest BCUT2D eigenvalue weighted by molar-refractivity contribution is 5.22. The van der Waals surface area contributed by atoms with E-state index in [9.17, 15) is 0 Å². The number of nitrogens with zero attached hydrogens (tertiary/aromatic N) is 1. The van der Waals surface area contributed by atoms with Gasteiger partial charge in [0.25, 0.3) is 0 Å². The Hall–Kier alpha value is -0.820. The van der Waals surface area contributed by atoms with Crippen LogP contribution in [0.1, 0.15) is 37.8 Å². The number of rotatable bonds is 3. The quantitative estimate of drug-likeness (QED) is 0.767. The molecule has 1 aromatic carbocycles. The second-order valence-corrected chi connectivity index (χ2v) is 6.24. The van der Waals surface area contributed by atoms with Gasteiger partial charge in [-0.15, -0.1) is 0 Å². The Morgan fingerprint density at radius 2 is 1.88 bits per heavy atom. The Kier molecular flexibility index (Phi) is 3.88. The number of hydrogen-bond donors (Lipinski definition) is 0. The molecule has 1 heteroatoms. The molecule has 0 N–H and O–H groups in total. The van der Waals surface area contributed by atoms with Crippen molar-refractivity contribution in [2.24, 2.45) is 5.41 Å². The van der Waals surface area contributed by atoms with Crippen molar-refractivity contribution in [2.45, 2.75) is 40.0 Å². The first kappa shape index (κ1) is 12.6. The van der Waals surface area contributed by atoms with E-state index >= 15 is 0 Å². The van der Waals surface area contributed by atoms with Gasteiger partial charge in [-0.25, -0.2) is 0 Å². The lowest BCUT2D eigenvalue weighted by molar-refractivity contribution is 0.134. The molecule has 1 fully saturated rings. The van der Waals surface area contributed by atoms with Gasteiger partial charge in [-0.3, -0.25) is 0 Å². The van der Waals surface area contributed by atoms with Gasteiger partial charge in [-0.05, 0) is 50.3 Å². The Labute approximate surface area is 106 Å². The summed E-state index contributed by atoms with van der Waals surface area (Å²) in [5, 5.41) is 0. The highest BCUT2D eigenvalue weighted by Gasteiger charge is 2.24. The van der Waals surface area contributed by atoms with Crippen LogP contribution >= 0.6 is 0 Å². The Balaban J connectivity index is 1.80. The molecule has 0 spiro atoms. The standard InChI is InChI=1S/C16H25N/c1-14-5-4-6-15(13-14)7-10-17-11-8-16(2,3)9-12-17/h4-6,13H,7-12H2,1-3H3. The van der Waals surface area contributed by atoms with Crippen molar-refractivity contribution < 1.29 is 0 Å². The summed E-state index contributed by atoms with van der Waals surface area (Å²) < 4.78 is 0. The maximum atomic E-state index is 2.62. The maximum Gasteiger partial charge on any atom is 0.00218 e. The predicted molar refractivity (Wildman–Crippen MR) is 74.3 cm³/mol. The molecule has 1 aromatic rings. The largest absolute Gasteiger partial charge is 0.303 e. The Bertz CT molecular complexity index is 358. The summed E-state index contributed by atoms with van der Waals surface area (Å²) in [7, 11) is 0. The molecule has 17 heavy (non-hydrogen) atoms. The molecule has 0 bridgehead atoms. The van der Waals surface area contributed by atoms with Crippen LogP contribution in [0.4, 0.5) is 0 Å². The van der Waals surface area contributed by atoms with E-state index in [1.807, 2.05) is 0 Å². The van der Waals surface area contributed by atoms with Crippen molar-refractivity contribution in [1.82, 2.24) is 4.90 Å². The zero-order valence-corrected chi connectivity index (χ0v) is 11.5. The third-order valence-corrected chi connectivity index (χ3v) is 4.01. The summed E-state index contributed by atoms with van der Waals surface area (Å²) in [5.41, 5.74) is 3.43. The SMILES string of the molecule is Cc1cccc(CCN2CCC(C)(C)CC2)c1. The van der Waals surface area contributed by atoms with Crippen molar-refractivity contribution in [3.8, 4) is 0 Å². The number of likely N-dealkylation sites (tertiary alicyclic amines) is 1. The van der Waals surface area contributed by atoms with Crippen LogP contribution in [0.15, 0.2) is 24.3 Å². The molecular weight excluding hydrogens is 206 g/mol. The van der Waals surface area contributed by atoms with E-state index in [1.165, 1.54) is 50.0 Å². The van der Waals surface area contributed by atoms with Gasteiger partial charge in [0.1, 0.15) is 0 Å². The molecule has 0 amide bonds. The summed E-state index contributed by atoms with van der Waals surface area (Å²) >= 11 is 0. The van der Waals surface area contributed by atoms with Gasteiger partial charge in [0.2, 0.25) is 0 Å². The minimum Gasteiger partial charge on any atom is -0.303 e. The number of aryl methyl sites for hydroxylation is 1. The van der Waals surface area contributed by atoms with Gasteiger partial charge in [0.15, 0.2) is 0 Å². The fraction of sp³-hybridized carbons (Fsp3) is 0.625. The highest BCUT2D eigenvalue weighted by atomic mass is 15.1. The lowest BCUT2D eigenvalue weighted by Crippen LogP contribution is -2.38. The van der Waals surface area contributed by atoms with Gasteiger partial charge in [-0.1, -0.05) is 43.7 Å². The minimum absolute atomic E-state index is 0.569. The second-order valence-electron chi connectivity index (χ2n) is 6.24. The molecule has 1 aliphatic heterocycles. The fourth-order valence-corrected chi connectivity index (χ4v) is 2.54. The van der Waals surface area contributed by atoms with Crippen LogP contribution in [0.3, 0.4) is 0 Å². The molecule has 0 aliphatic carbocycles. The molecule has 1 nitrogen and oxygen atoms in total. The minimum atomic E-state index is 0.569. The Morgan fingerprint density at radius 3 is 2.53 bits per heavy atom. The number of piperidine rings is 1. The van der Waals surface area contributed by atoms with Crippen LogP contribution in [-0.2, 0) is 6.42 Å². The summed E-state index contributed by atoms with van der Waals surface area (Å²) in [6.07, 6.45) is 3.89. The van der Waals surface area contributed by atoms with Crippen molar-refractivity contribution in [3.63, 3.8) is 0 Å². The normalized spacial score (nSPS) is 20.4. The van der Waals surface area contributed by atoms with E-state index < -0.39 is 0 Å². The lowest BCUT2D eigenvalue weighted by atomic mass is 9.82. The molecule has 2 rings (SSSR count). The van der Waals surface area contributed by atoms with Crippen LogP contribution in [0, 0.1) is 12.3 Å². The molecule has 1 aliphatic rings. The van der Waals surface area contributed by atoms with Gasteiger partial charge in [-0.2, -0.15) is 0 Å². The van der Waals surface area contributed by atoms with Crippen LogP contribution in [0.2, 0.25) is 0 Å². The van der Waals surface area contributed by atoms with E-state index in [0.717, 1.165) is 0 Å². The molecule has 0 saturated carbocycles. The smallest absolute Gasteiger partial charge is 0.00218 e.